The number of nitrogens with zero attached hydrogens (tertiary/aromatic N) is 3. The Hall–Kier alpha value is -2.41. The largest absolute Gasteiger partial charge is 0.496 e. The fourth-order valence-corrected chi connectivity index (χ4v) is 4.43. The summed E-state index contributed by atoms with van der Waals surface area (Å²) in [5.74, 6) is 2.74. The molecule has 0 radical (unpaired) electrons. The van der Waals surface area contributed by atoms with Crippen LogP contribution in [-0.4, -0.2) is 54.4 Å². The summed E-state index contributed by atoms with van der Waals surface area (Å²) in [6.45, 7) is 1.59. The number of carbonyl (C=O) groups is 1. The molecule has 2 heterocycles. The van der Waals surface area contributed by atoms with E-state index in [2.05, 4.69) is 10.1 Å². The Bertz CT molecular complexity index is 792. The second-order valence-corrected chi connectivity index (χ2v) is 7.31. The highest BCUT2D eigenvalue weighted by Crippen LogP contribution is 2.38. The normalized spacial score (nSPS) is 24.2. The summed E-state index contributed by atoms with van der Waals surface area (Å²) in [5, 5.41) is 4.03. The van der Waals surface area contributed by atoms with Gasteiger partial charge in [0.2, 0.25) is 17.6 Å². The number of benzene rings is 1. The molecule has 144 valence electrons. The molecule has 1 aliphatic carbocycles. The van der Waals surface area contributed by atoms with Crippen LogP contribution in [0, 0.1) is 11.8 Å². The zero-order valence-electron chi connectivity index (χ0n) is 15.8. The molecule has 27 heavy (non-hydrogen) atoms. The van der Waals surface area contributed by atoms with Gasteiger partial charge in [-0.05, 0) is 25.0 Å². The second-order valence-electron chi connectivity index (χ2n) is 7.31. The Morgan fingerprint density at radius 2 is 1.96 bits per heavy atom. The van der Waals surface area contributed by atoms with Crippen molar-refractivity contribution in [2.75, 3.05) is 27.3 Å². The van der Waals surface area contributed by atoms with E-state index in [4.69, 9.17) is 14.0 Å². The van der Waals surface area contributed by atoms with Gasteiger partial charge < -0.3 is 18.9 Å². The molecule has 1 aliphatic heterocycles. The van der Waals surface area contributed by atoms with Gasteiger partial charge in [0.15, 0.2) is 0 Å². The number of aromatic nitrogens is 2. The molecule has 1 unspecified atom stereocenters. The van der Waals surface area contributed by atoms with Gasteiger partial charge in [-0.15, -0.1) is 0 Å². The quantitative estimate of drug-likeness (QED) is 0.777. The van der Waals surface area contributed by atoms with Gasteiger partial charge in [0.25, 0.3) is 0 Å². The Morgan fingerprint density at radius 1 is 1.22 bits per heavy atom. The van der Waals surface area contributed by atoms with E-state index in [9.17, 15) is 4.79 Å². The lowest BCUT2D eigenvalue weighted by Crippen LogP contribution is -2.48. The summed E-state index contributed by atoms with van der Waals surface area (Å²) in [4.78, 5) is 19.0. The molecule has 0 N–H and O–H groups in total. The SMILES string of the molecule is COc1ccccc1-c1noc(CCC(=O)N2C[C@H]3CC[C@@H](C2)C3OC)n1. The van der Waals surface area contributed by atoms with Crippen molar-refractivity contribution in [3.05, 3.63) is 30.2 Å². The van der Waals surface area contributed by atoms with Crippen LogP contribution in [0.1, 0.15) is 25.2 Å². The minimum atomic E-state index is 0.151. The topological polar surface area (TPSA) is 77.7 Å². The van der Waals surface area contributed by atoms with Crippen molar-refractivity contribution in [1.82, 2.24) is 15.0 Å². The molecule has 2 aliphatic rings. The number of hydrogen-bond acceptors (Lipinski definition) is 6. The van der Waals surface area contributed by atoms with Crippen molar-refractivity contribution < 1.29 is 18.8 Å². The highest BCUT2D eigenvalue weighted by atomic mass is 16.5. The van der Waals surface area contributed by atoms with Gasteiger partial charge in [0.05, 0.1) is 18.8 Å². The van der Waals surface area contributed by atoms with E-state index in [0.717, 1.165) is 31.5 Å². The number of piperidine rings is 1. The molecule has 4 rings (SSSR count). The number of amides is 1. The number of para-hydroxylation sites is 1. The highest BCUT2D eigenvalue weighted by molar-refractivity contribution is 5.76. The number of fused-ring (bicyclic) bond motifs is 2. The fourth-order valence-electron chi connectivity index (χ4n) is 4.43. The third-order valence-electron chi connectivity index (χ3n) is 5.74. The minimum absolute atomic E-state index is 0.151. The Kier molecular flexibility index (Phi) is 5.11. The predicted octanol–water partition coefficient (Wildman–Crippen LogP) is 2.56. The van der Waals surface area contributed by atoms with Crippen LogP contribution >= 0.6 is 0 Å². The first-order chi connectivity index (χ1) is 13.2. The fraction of sp³-hybridized carbons (Fsp3) is 0.550. The van der Waals surface area contributed by atoms with Crippen molar-refractivity contribution in [3.63, 3.8) is 0 Å². The zero-order valence-corrected chi connectivity index (χ0v) is 15.8. The van der Waals surface area contributed by atoms with Crippen LogP contribution in [0.3, 0.4) is 0 Å². The molecule has 1 amide bonds. The summed E-state index contributed by atoms with van der Waals surface area (Å²) < 4.78 is 16.3. The molecule has 1 aromatic heterocycles. The third-order valence-corrected chi connectivity index (χ3v) is 5.74. The zero-order chi connectivity index (χ0) is 18.8. The average Bonchev–Trinajstić information content (AvgIpc) is 3.27. The number of ether oxygens (including phenoxy) is 2. The van der Waals surface area contributed by atoms with Gasteiger partial charge in [-0.25, -0.2) is 0 Å². The summed E-state index contributed by atoms with van der Waals surface area (Å²) >= 11 is 0. The number of rotatable bonds is 6. The molecule has 3 atom stereocenters. The number of carbonyl (C=O) groups excluding carboxylic acids is 1. The van der Waals surface area contributed by atoms with Crippen molar-refractivity contribution in [2.24, 2.45) is 11.8 Å². The van der Waals surface area contributed by atoms with Gasteiger partial charge in [-0.2, -0.15) is 4.98 Å². The molecular weight excluding hydrogens is 346 g/mol. The van der Waals surface area contributed by atoms with Crippen LogP contribution in [0.25, 0.3) is 11.4 Å². The van der Waals surface area contributed by atoms with Gasteiger partial charge in [-0.1, -0.05) is 17.3 Å². The van der Waals surface area contributed by atoms with Gasteiger partial charge in [0, 0.05) is 44.9 Å². The standard InChI is InChI=1S/C20H25N3O4/c1-25-16-6-4-3-5-15(16)20-21-17(27-22-20)9-10-18(24)23-11-13-7-8-14(12-23)19(13)26-2/h3-6,13-14,19H,7-12H2,1-2H3/t13-,14+,19?. The smallest absolute Gasteiger partial charge is 0.227 e. The van der Waals surface area contributed by atoms with Crippen LogP contribution in [0.5, 0.6) is 5.75 Å². The molecular formula is C20H25N3O4. The van der Waals surface area contributed by atoms with Gasteiger partial charge in [-0.3, -0.25) is 4.79 Å². The van der Waals surface area contributed by atoms with E-state index < -0.39 is 0 Å². The van der Waals surface area contributed by atoms with E-state index in [1.807, 2.05) is 29.2 Å². The first-order valence-corrected chi connectivity index (χ1v) is 9.46. The third kappa shape index (κ3) is 3.56. The molecule has 7 heteroatoms. The molecule has 2 fully saturated rings. The maximum Gasteiger partial charge on any atom is 0.227 e. The number of hydrogen-bond donors (Lipinski definition) is 0. The monoisotopic (exact) mass is 371 g/mol. The molecule has 7 nitrogen and oxygen atoms in total. The first-order valence-electron chi connectivity index (χ1n) is 9.46. The molecule has 2 bridgehead atoms. The van der Waals surface area contributed by atoms with Gasteiger partial charge >= 0.3 is 0 Å². The highest BCUT2D eigenvalue weighted by Gasteiger charge is 2.43. The van der Waals surface area contributed by atoms with E-state index >= 15 is 0 Å². The predicted molar refractivity (Wildman–Crippen MR) is 98.2 cm³/mol. The maximum atomic E-state index is 12.6. The van der Waals surface area contributed by atoms with Crippen LogP contribution in [-0.2, 0) is 16.0 Å². The minimum Gasteiger partial charge on any atom is -0.496 e. The summed E-state index contributed by atoms with van der Waals surface area (Å²) in [6, 6.07) is 7.53. The summed E-state index contributed by atoms with van der Waals surface area (Å²) in [5.41, 5.74) is 0.777. The number of aryl methyl sites for hydroxylation is 1. The number of methoxy groups -OCH3 is 2. The Morgan fingerprint density at radius 3 is 2.67 bits per heavy atom. The Labute approximate surface area is 158 Å². The molecule has 1 saturated carbocycles. The van der Waals surface area contributed by atoms with Crippen molar-refractivity contribution >= 4 is 5.91 Å². The lowest BCUT2D eigenvalue weighted by Gasteiger charge is -2.37. The van der Waals surface area contributed by atoms with Crippen LogP contribution in [0.4, 0.5) is 0 Å². The van der Waals surface area contributed by atoms with Crippen molar-refractivity contribution in [2.45, 2.75) is 31.8 Å². The summed E-state index contributed by atoms with van der Waals surface area (Å²) in [6.07, 6.45) is 3.44. The van der Waals surface area contributed by atoms with Crippen LogP contribution in [0.15, 0.2) is 28.8 Å². The molecule has 1 saturated heterocycles. The summed E-state index contributed by atoms with van der Waals surface area (Å²) in [7, 11) is 3.39. The van der Waals surface area contributed by atoms with Crippen molar-refractivity contribution in [1.29, 1.82) is 0 Å². The lowest BCUT2D eigenvalue weighted by atomic mass is 9.94. The van der Waals surface area contributed by atoms with E-state index in [1.165, 1.54) is 0 Å². The Balaban J connectivity index is 1.36. The maximum absolute atomic E-state index is 12.6. The number of likely N-dealkylation sites (tertiary alicyclic amines) is 1. The van der Waals surface area contributed by atoms with Crippen LogP contribution in [0.2, 0.25) is 0 Å². The molecule has 1 aromatic carbocycles. The average molecular weight is 371 g/mol. The van der Waals surface area contributed by atoms with Gasteiger partial charge in [0.1, 0.15) is 5.75 Å². The lowest BCUT2D eigenvalue weighted by molar-refractivity contribution is -0.136. The molecule has 0 spiro atoms. The first kappa shape index (κ1) is 18.0. The van der Waals surface area contributed by atoms with Crippen LogP contribution < -0.4 is 4.74 Å². The van der Waals surface area contributed by atoms with E-state index in [0.29, 0.717) is 48.2 Å². The van der Waals surface area contributed by atoms with E-state index in [1.54, 1.807) is 14.2 Å². The molecule has 2 aromatic rings. The van der Waals surface area contributed by atoms with Crippen molar-refractivity contribution in [3.8, 4) is 17.1 Å². The second kappa shape index (κ2) is 7.68. The van der Waals surface area contributed by atoms with E-state index in [-0.39, 0.29) is 5.91 Å².